The van der Waals surface area contributed by atoms with E-state index in [0.29, 0.717) is 76.7 Å². The van der Waals surface area contributed by atoms with Gasteiger partial charge in [-0.25, -0.2) is 26.3 Å². The van der Waals surface area contributed by atoms with E-state index in [0.717, 1.165) is 11.8 Å². The monoisotopic (exact) mass is 1010 g/mol. The van der Waals surface area contributed by atoms with Gasteiger partial charge in [0.15, 0.2) is 11.6 Å². The largest absolute Gasteiger partial charge is 0.481 e. The summed E-state index contributed by atoms with van der Waals surface area (Å²) in [6.07, 6.45) is 4.73. The van der Waals surface area contributed by atoms with E-state index < -0.39 is 114 Å². The molecule has 0 spiro atoms. The number of carbonyl (C=O) groups excluding carboxylic acids is 10. The predicted molar refractivity (Wildman–Crippen MR) is 249 cm³/mol. The van der Waals surface area contributed by atoms with Gasteiger partial charge >= 0.3 is 5.97 Å². The number of nitrogens with zero attached hydrogens (tertiary/aromatic N) is 3. The first-order valence-electron chi connectivity index (χ1n) is 23.2. The Morgan fingerprint density at radius 2 is 1.57 bits per heavy atom. The molecule has 2 aliphatic heterocycles. The summed E-state index contributed by atoms with van der Waals surface area (Å²) in [5, 5.41) is 13.8. The molecule has 1 aromatic rings. The van der Waals surface area contributed by atoms with Gasteiger partial charge in [-0.1, -0.05) is 12.8 Å². The number of Topliss-reactive ketones (excluding diaryl/α,β-unsaturated/α-hetero) is 6. The number of hydrogen-bond acceptors (Lipinski definition) is 23. The Morgan fingerprint density at radius 1 is 0.871 bits per heavy atom. The first-order valence-corrected chi connectivity index (χ1v) is 24.4. The maximum atomic E-state index is 14.2. The molecule has 2 aliphatic rings. The van der Waals surface area contributed by atoms with Crippen LogP contribution < -0.4 is 44.5 Å². The number of unbranched alkanes of at least 4 members (excludes halogenated alkanes) is 2. The molecule has 0 aliphatic carbocycles. The highest BCUT2D eigenvalue weighted by atomic mass is 32.2. The summed E-state index contributed by atoms with van der Waals surface area (Å²) in [4.78, 5) is 149. The maximum Gasteiger partial charge on any atom is 0.305 e. The van der Waals surface area contributed by atoms with Crippen LogP contribution in [0, 0.1) is 0 Å². The van der Waals surface area contributed by atoms with Crippen LogP contribution in [0.1, 0.15) is 82.7 Å². The standard InChI is InChI=1S/C43H68N12O14S/c44-11-3-1-7-28(46)43(67)54-13-5-9-33(54)36(59)17-35(58)31(15-26-18-48-23-49-26)51-42(66)30(8-2-4-12-45)53-55-14-6-10-34(55)41(65)40(64)32(16-38(61)62)52-50-19-37(60)39(63)29(47)22-70-21-27(69-25-57)20-68-24-56/h18,23-25,27-34,50,52-53H,1-17,19-22,44-47H2,(H,48,49)(H,51,66)(H,61,62)/t27?,28-,29?,30-,31-,32-,33-,34-/m0/s1. The summed E-state index contributed by atoms with van der Waals surface area (Å²) < 4.78 is 9.36. The van der Waals surface area contributed by atoms with Crippen LogP contribution in [0.15, 0.2) is 12.5 Å². The Bertz CT molecular complexity index is 1930. The molecule has 2 amide bonds. The zero-order chi connectivity index (χ0) is 51.6. The fourth-order valence-electron chi connectivity index (χ4n) is 7.92. The SMILES string of the molecule is NCCCC[C@H](NN1CCC[C@H]1C(=O)C(=O)[C@H](CC(=O)O)NNCC(=O)C(=O)C(N)CSCC(COC=O)OC=O)C(=O)N[C@@H](Cc1cnc[nH]1)C(=O)CC(=O)[C@@H]1CCCN1C(=O)[C@@H](N)CCCCN. The normalized spacial score (nSPS) is 18.4. The van der Waals surface area contributed by atoms with Crippen LogP contribution in [0.3, 0.4) is 0 Å². The first kappa shape index (κ1) is 58.9. The molecule has 0 saturated carbocycles. The molecule has 3 heterocycles. The number of carboxylic acids is 1. The van der Waals surface area contributed by atoms with Crippen molar-refractivity contribution in [1.29, 1.82) is 0 Å². The van der Waals surface area contributed by atoms with Crippen molar-refractivity contribution in [2.45, 2.75) is 132 Å². The lowest BCUT2D eigenvalue weighted by Gasteiger charge is -2.30. The van der Waals surface area contributed by atoms with Crippen molar-refractivity contribution in [1.82, 2.24) is 41.5 Å². The Balaban J connectivity index is 1.68. The number of imidazole rings is 1. The summed E-state index contributed by atoms with van der Waals surface area (Å²) in [5.74, 6) is -7.85. The highest BCUT2D eigenvalue weighted by Crippen LogP contribution is 2.23. The van der Waals surface area contributed by atoms with E-state index in [1.165, 1.54) is 22.4 Å². The molecule has 26 nitrogen and oxygen atoms in total. The number of nitrogens with two attached hydrogens (primary N) is 4. The summed E-state index contributed by atoms with van der Waals surface area (Å²) in [5.41, 5.74) is 31.6. The van der Waals surface area contributed by atoms with Gasteiger partial charge in [0.05, 0.1) is 62.0 Å². The highest BCUT2D eigenvalue weighted by Gasteiger charge is 2.41. The third-order valence-electron chi connectivity index (χ3n) is 11.6. The van der Waals surface area contributed by atoms with Crippen molar-refractivity contribution in [3.8, 4) is 0 Å². The van der Waals surface area contributed by atoms with Gasteiger partial charge in [0, 0.05) is 42.9 Å². The van der Waals surface area contributed by atoms with E-state index in [1.807, 2.05) is 0 Å². The number of hydrogen-bond donors (Lipinski definition) is 10. The Labute approximate surface area is 408 Å². The molecule has 1 aromatic heterocycles. The van der Waals surface area contributed by atoms with Crippen LogP contribution in [0.4, 0.5) is 0 Å². The van der Waals surface area contributed by atoms with Crippen molar-refractivity contribution in [2.24, 2.45) is 22.9 Å². The third kappa shape index (κ3) is 19.4. The Morgan fingerprint density at radius 3 is 2.23 bits per heavy atom. The molecule has 14 N–H and O–H groups in total. The minimum absolute atomic E-state index is 0.0657. The van der Waals surface area contributed by atoms with Gasteiger partial charge in [-0.15, -0.1) is 0 Å². The number of carboxylic acid groups (broad SMARTS) is 1. The number of ketones is 6. The van der Waals surface area contributed by atoms with Crippen molar-refractivity contribution < 1.29 is 67.3 Å². The molecule has 0 aromatic carbocycles. The molecular weight excluding hydrogens is 941 g/mol. The van der Waals surface area contributed by atoms with E-state index in [1.54, 1.807) is 0 Å². The van der Waals surface area contributed by atoms with Crippen LogP contribution >= 0.6 is 11.8 Å². The number of thioether (sulfide) groups is 1. The number of likely N-dealkylation sites (tertiary alicyclic amines) is 1. The second-order valence-corrected chi connectivity index (χ2v) is 18.0. The molecule has 0 bridgehead atoms. The van der Waals surface area contributed by atoms with Crippen LogP contribution in [0.2, 0.25) is 0 Å². The van der Waals surface area contributed by atoms with E-state index in [2.05, 4.69) is 36.3 Å². The third-order valence-corrected chi connectivity index (χ3v) is 12.8. The van der Waals surface area contributed by atoms with E-state index in [-0.39, 0.29) is 62.8 Å². The fraction of sp³-hybridized carbons (Fsp3) is 0.674. The molecule has 2 unspecified atom stereocenters. The number of amides is 2. The molecule has 27 heteroatoms. The average molecular weight is 1010 g/mol. The maximum absolute atomic E-state index is 14.2. The smallest absolute Gasteiger partial charge is 0.305 e. The molecule has 70 heavy (non-hydrogen) atoms. The van der Waals surface area contributed by atoms with E-state index >= 15 is 0 Å². The average Bonchev–Trinajstić information content (AvgIpc) is 4.15. The van der Waals surface area contributed by atoms with Crippen LogP contribution in [-0.2, 0) is 68.6 Å². The van der Waals surface area contributed by atoms with Crippen LogP contribution in [0.5, 0.6) is 0 Å². The van der Waals surface area contributed by atoms with Gasteiger partial charge in [-0.3, -0.25) is 52.7 Å². The molecule has 2 saturated heterocycles. The number of rotatable bonds is 39. The van der Waals surface area contributed by atoms with Crippen molar-refractivity contribution in [2.75, 3.05) is 50.8 Å². The molecule has 3 rings (SSSR count). The van der Waals surface area contributed by atoms with Gasteiger partial charge in [0.1, 0.15) is 18.8 Å². The molecule has 8 atom stereocenters. The molecule has 390 valence electrons. The predicted octanol–water partition coefficient (Wildman–Crippen LogP) is -4.13. The minimum Gasteiger partial charge on any atom is -0.481 e. The zero-order valence-electron chi connectivity index (χ0n) is 39.1. The van der Waals surface area contributed by atoms with E-state index in [4.69, 9.17) is 27.7 Å². The Hall–Kier alpha value is -5.39. The number of nitrogens with one attached hydrogen (secondary N) is 5. The van der Waals surface area contributed by atoms with E-state index in [9.17, 15) is 57.8 Å². The fourth-order valence-corrected chi connectivity index (χ4v) is 8.90. The lowest BCUT2D eigenvalue weighted by molar-refractivity contribution is -0.144. The van der Waals surface area contributed by atoms with Gasteiger partial charge < -0.3 is 52.7 Å². The summed E-state index contributed by atoms with van der Waals surface area (Å²) in [7, 11) is 0. The second-order valence-electron chi connectivity index (χ2n) is 16.9. The number of aromatic nitrogens is 2. The summed E-state index contributed by atoms with van der Waals surface area (Å²) >= 11 is 1.04. The molecular formula is C43H68N12O14S. The first-order chi connectivity index (χ1) is 33.6. The van der Waals surface area contributed by atoms with Gasteiger partial charge in [-0.2, -0.15) is 11.8 Å². The number of H-pyrrole nitrogens is 1. The van der Waals surface area contributed by atoms with Gasteiger partial charge in [0.25, 0.3) is 12.9 Å². The number of hydrazine groups is 2. The summed E-state index contributed by atoms with van der Waals surface area (Å²) in [6, 6.07) is -8.17. The highest BCUT2D eigenvalue weighted by molar-refractivity contribution is 7.99. The second kappa shape index (κ2) is 31.8. The van der Waals surface area contributed by atoms with Crippen molar-refractivity contribution >= 4 is 77.2 Å². The quantitative estimate of drug-likeness (QED) is 0.00984. The number of ether oxygens (including phenoxy) is 2. The van der Waals surface area contributed by atoms with Gasteiger partial charge in [0.2, 0.25) is 34.9 Å². The lowest BCUT2D eigenvalue weighted by atomic mass is 9.97. The number of carbonyl (C=O) groups is 11. The summed E-state index contributed by atoms with van der Waals surface area (Å²) in [6.45, 7) is 0.599. The number of aromatic amines is 1. The topological polar surface area (TPSA) is 414 Å². The number of aliphatic carboxylic acids is 1. The van der Waals surface area contributed by atoms with Gasteiger partial charge in [-0.05, 0) is 64.5 Å². The van der Waals surface area contributed by atoms with Crippen molar-refractivity contribution in [3.05, 3.63) is 18.2 Å². The molecule has 0 radical (unpaired) electrons. The van der Waals surface area contributed by atoms with Crippen molar-refractivity contribution in [3.63, 3.8) is 0 Å². The molecule has 2 fully saturated rings. The van der Waals surface area contributed by atoms with Crippen LogP contribution in [-0.4, -0.2) is 190 Å². The zero-order valence-corrected chi connectivity index (χ0v) is 39.9. The minimum atomic E-state index is -1.70. The lowest BCUT2D eigenvalue weighted by Crippen LogP contribution is -2.59. The van der Waals surface area contributed by atoms with Crippen LogP contribution in [0.25, 0.3) is 0 Å². The Kier molecular flexibility index (Phi) is 26.7.